The monoisotopic (exact) mass is 215 g/mol. The van der Waals surface area contributed by atoms with E-state index < -0.39 is 12.7 Å². The van der Waals surface area contributed by atoms with Crippen LogP contribution in [-0.4, -0.2) is 46.2 Å². The summed E-state index contributed by atoms with van der Waals surface area (Å²) in [5.74, 6) is -0.549. The molecule has 1 aliphatic rings. The molecule has 0 aromatic rings. The number of rotatable bonds is 3. The van der Waals surface area contributed by atoms with Crippen LogP contribution in [0, 0.1) is 5.41 Å². The molecular formula is C10H17NO4. The Morgan fingerprint density at radius 1 is 1.33 bits per heavy atom. The van der Waals surface area contributed by atoms with Crippen LogP contribution in [0.3, 0.4) is 0 Å². The molecule has 2 amide bonds. The van der Waals surface area contributed by atoms with Gasteiger partial charge in [-0.15, -0.1) is 0 Å². The molecule has 1 fully saturated rings. The van der Waals surface area contributed by atoms with Crippen LogP contribution in [0.5, 0.6) is 0 Å². The number of β-amino-alcohol motifs (C(OH)–C–C–N with tert-alkyl or cyclic N) is 1. The number of hydrogen-bond acceptors (Lipinski definition) is 4. The number of aliphatic hydroxyl groups is 2. The predicted octanol–water partition coefficient (Wildman–Crippen LogP) is -0.485. The van der Waals surface area contributed by atoms with Crippen molar-refractivity contribution >= 4 is 11.8 Å². The summed E-state index contributed by atoms with van der Waals surface area (Å²) in [5.41, 5.74) is -0.297. The summed E-state index contributed by atoms with van der Waals surface area (Å²) in [6.07, 6.45) is -0.438. The average Bonchev–Trinajstić information content (AvgIpc) is 2.09. The number of imide groups is 1. The minimum Gasteiger partial charge on any atom is -0.394 e. The quantitative estimate of drug-likeness (QED) is 0.623. The second kappa shape index (κ2) is 4.28. The van der Waals surface area contributed by atoms with Gasteiger partial charge in [-0.05, 0) is 5.41 Å². The van der Waals surface area contributed by atoms with Crippen molar-refractivity contribution in [3.63, 3.8) is 0 Å². The lowest BCUT2D eigenvalue weighted by molar-refractivity contribution is -0.154. The van der Waals surface area contributed by atoms with Gasteiger partial charge in [0.05, 0.1) is 19.3 Å². The van der Waals surface area contributed by atoms with Crippen molar-refractivity contribution in [3.8, 4) is 0 Å². The zero-order valence-corrected chi connectivity index (χ0v) is 9.06. The minimum atomic E-state index is -1.04. The van der Waals surface area contributed by atoms with Gasteiger partial charge in [-0.3, -0.25) is 14.5 Å². The summed E-state index contributed by atoms with van der Waals surface area (Å²) >= 11 is 0. The number of amides is 2. The van der Waals surface area contributed by atoms with Crippen LogP contribution >= 0.6 is 0 Å². The van der Waals surface area contributed by atoms with Crippen molar-refractivity contribution in [3.05, 3.63) is 0 Å². The number of likely N-dealkylation sites (tertiary alicyclic amines) is 1. The predicted molar refractivity (Wildman–Crippen MR) is 52.8 cm³/mol. The molecule has 15 heavy (non-hydrogen) atoms. The van der Waals surface area contributed by atoms with E-state index in [4.69, 9.17) is 5.11 Å². The molecule has 0 spiro atoms. The maximum atomic E-state index is 11.6. The molecule has 1 unspecified atom stereocenters. The van der Waals surface area contributed by atoms with Gasteiger partial charge in [0.2, 0.25) is 11.8 Å². The third-order valence-corrected chi connectivity index (χ3v) is 2.47. The van der Waals surface area contributed by atoms with Gasteiger partial charge in [0.15, 0.2) is 0 Å². The molecule has 0 aromatic heterocycles. The number of carbonyl (C=O) groups excluding carboxylic acids is 2. The molecule has 2 N–H and O–H groups in total. The minimum absolute atomic E-state index is 0.107. The molecule has 1 rings (SSSR count). The molecule has 0 bridgehead atoms. The van der Waals surface area contributed by atoms with E-state index in [9.17, 15) is 14.7 Å². The fourth-order valence-corrected chi connectivity index (χ4v) is 1.68. The van der Waals surface area contributed by atoms with Crippen molar-refractivity contribution in [1.82, 2.24) is 4.90 Å². The van der Waals surface area contributed by atoms with Crippen LogP contribution < -0.4 is 0 Å². The topological polar surface area (TPSA) is 77.8 Å². The van der Waals surface area contributed by atoms with Crippen LogP contribution in [-0.2, 0) is 9.59 Å². The van der Waals surface area contributed by atoms with Crippen LogP contribution in [0.4, 0.5) is 0 Å². The van der Waals surface area contributed by atoms with E-state index in [0.717, 1.165) is 4.90 Å². The molecule has 1 atom stereocenters. The summed E-state index contributed by atoms with van der Waals surface area (Å²) in [6, 6.07) is 0. The van der Waals surface area contributed by atoms with E-state index in [1.165, 1.54) is 0 Å². The molecule has 1 aliphatic heterocycles. The van der Waals surface area contributed by atoms with Gasteiger partial charge < -0.3 is 10.2 Å². The number of nitrogens with zero attached hydrogens (tertiary/aromatic N) is 1. The van der Waals surface area contributed by atoms with Gasteiger partial charge in [-0.1, -0.05) is 13.8 Å². The van der Waals surface area contributed by atoms with E-state index >= 15 is 0 Å². The van der Waals surface area contributed by atoms with Crippen LogP contribution in [0.25, 0.3) is 0 Å². The summed E-state index contributed by atoms with van der Waals surface area (Å²) in [7, 11) is 0. The number of aliphatic hydroxyl groups excluding tert-OH is 2. The fraction of sp³-hybridized carbons (Fsp3) is 0.800. The van der Waals surface area contributed by atoms with Crippen LogP contribution in [0.15, 0.2) is 0 Å². The maximum absolute atomic E-state index is 11.6. The first kappa shape index (κ1) is 12.1. The van der Waals surface area contributed by atoms with Gasteiger partial charge >= 0.3 is 0 Å². The fourth-order valence-electron chi connectivity index (χ4n) is 1.68. The second-order valence-electron chi connectivity index (χ2n) is 4.75. The zero-order valence-electron chi connectivity index (χ0n) is 9.06. The van der Waals surface area contributed by atoms with Gasteiger partial charge in [-0.2, -0.15) is 0 Å². The molecule has 5 nitrogen and oxygen atoms in total. The first-order chi connectivity index (χ1) is 6.85. The Balaban J connectivity index is 2.67. The third kappa shape index (κ3) is 3.00. The highest BCUT2D eigenvalue weighted by Gasteiger charge is 2.37. The highest BCUT2D eigenvalue weighted by molar-refractivity contribution is 5.98. The van der Waals surface area contributed by atoms with Crippen LogP contribution in [0.1, 0.15) is 26.7 Å². The standard InChI is InChI=1S/C10H17NO4/c1-10(2)3-8(14)11(9(15)4-10)5-7(13)6-12/h7,12-13H,3-6H2,1-2H3. The van der Waals surface area contributed by atoms with Gasteiger partial charge in [0.25, 0.3) is 0 Å². The lowest BCUT2D eigenvalue weighted by Gasteiger charge is -2.35. The lowest BCUT2D eigenvalue weighted by Crippen LogP contribution is -2.49. The summed E-state index contributed by atoms with van der Waals surface area (Å²) in [6.45, 7) is 3.18. The second-order valence-corrected chi connectivity index (χ2v) is 4.75. The van der Waals surface area contributed by atoms with Crippen molar-refractivity contribution in [1.29, 1.82) is 0 Å². The van der Waals surface area contributed by atoms with Crippen LogP contribution in [0.2, 0.25) is 0 Å². The summed E-state index contributed by atoms with van der Waals surface area (Å²) < 4.78 is 0. The highest BCUT2D eigenvalue weighted by Crippen LogP contribution is 2.31. The summed E-state index contributed by atoms with van der Waals surface area (Å²) in [5, 5.41) is 17.8. The number of carbonyl (C=O) groups is 2. The molecule has 5 heteroatoms. The lowest BCUT2D eigenvalue weighted by atomic mass is 9.81. The normalized spacial score (nSPS) is 23.1. The van der Waals surface area contributed by atoms with E-state index in [1.54, 1.807) is 0 Å². The van der Waals surface area contributed by atoms with Crippen molar-refractivity contribution < 1.29 is 19.8 Å². The first-order valence-electron chi connectivity index (χ1n) is 4.98. The maximum Gasteiger partial charge on any atom is 0.229 e. The Morgan fingerprint density at radius 2 is 1.80 bits per heavy atom. The van der Waals surface area contributed by atoms with E-state index in [2.05, 4.69) is 0 Å². The van der Waals surface area contributed by atoms with Gasteiger partial charge in [0.1, 0.15) is 0 Å². The zero-order chi connectivity index (χ0) is 11.6. The molecule has 1 saturated heterocycles. The number of piperidine rings is 1. The SMILES string of the molecule is CC1(C)CC(=O)N(CC(O)CO)C(=O)C1. The largest absolute Gasteiger partial charge is 0.394 e. The smallest absolute Gasteiger partial charge is 0.229 e. The molecule has 86 valence electrons. The van der Waals surface area contributed by atoms with E-state index in [1.807, 2.05) is 13.8 Å². The van der Waals surface area contributed by atoms with E-state index in [0.29, 0.717) is 12.8 Å². The molecule has 0 aliphatic carbocycles. The van der Waals surface area contributed by atoms with Gasteiger partial charge in [-0.25, -0.2) is 0 Å². The Hall–Kier alpha value is -0.940. The molecule has 0 saturated carbocycles. The Bertz CT molecular complexity index is 255. The Kier molecular flexibility index (Phi) is 3.46. The van der Waals surface area contributed by atoms with E-state index in [-0.39, 0.29) is 23.8 Å². The molecule has 0 radical (unpaired) electrons. The summed E-state index contributed by atoms with van der Waals surface area (Å²) in [4.78, 5) is 24.2. The highest BCUT2D eigenvalue weighted by atomic mass is 16.3. The number of hydrogen-bond donors (Lipinski definition) is 2. The average molecular weight is 215 g/mol. The van der Waals surface area contributed by atoms with Crippen molar-refractivity contribution in [2.45, 2.75) is 32.8 Å². The van der Waals surface area contributed by atoms with Crippen molar-refractivity contribution in [2.75, 3.05) is 13.2 Å². The molecular weight excluding hydrogens is 198 g/mol. The first-order valence-corrected chi connectivity index (χ1v) is 4.98. The van der Waals surface area contributed by atoms with Crippen molar-refractivity contribution in [2.24, 2.45) is 5.41 Å². The third-order valence-electron chi connectivity index (χ3n) is 2.47. The van der Waals surface area contributed by atoms with Gasteiger partial charge in [0, 0.05) is 12.8 Å². The Morgan fingerprint density at radius 3 is 2.20 bits per heavy atom. The molecule has 1 heterocycles. The molecule has 0 aromatic carbocycles. The Labute approximate surface area is 88.7 Å².